The highest BCUT2D eigenvalue weighted by Gasteiger charge is 2.22. The third-order valence-corrected chi connectivity index (χ3v) is 4.84. The van der Waals surface area contributed by atoms with Crippen molar-refractivity contribution >= 4 is 28.7 Å². The predicted molar refractivity (Wildman–Crippen MR) is 112 cm³/mol. The number of ether oxygens (including phenoxy) is 1. The molecule has 7 heteroatoms. The summed E-state index contributed by atoms with van der Waals surface area (Å²) in [5.41, 5.74) is 3.99. The Kier molecular flexibility index (Phi) is 5.02. The number of nitrogens with zero attached hydrogens (tertiary/aromatic N) is 2. The van der Waals surface area contributed by atoms with Crippen LogP contribution in [0.1, 0.15) is 32.0 Å². The van der Waals surface area contributed by atoms with Gasteiger partial charge < -0.3 is 14.6 Å². The molecule has 0 saturated carbocycles. The number of rotatable bonds is 4. The third-order valence-electron chi connectivity index (χ3n) is 4.84. The van der Waals surface area contributed by atoms with Crippen molar-refractivity contribution in [3.63, 3.8) is 0 Å². The number of pyridine rings is 1. The van der Waals surface area contributed by atoms with Crippen molar-refractivity contribution in [2.24, 2.45) is 0 Å². The highest BCUT2D eigenvalue weighted by atomic mass is 16.5. The van der Waals surface area contributed by atoms with Crippen molar-refractivity contribution < 1.29 is 18.8 Å². The van der Waals surface area contributed by atoms with Gasteiger partial charge in [0, 0.05) is 5.56 Å². The molecule has 0 bridgehead atoms. The van der Waals surface area contributed by atoms with E-state index < -0.39 is 11.9 Å². The van der Waals surface area contributed by atoms with Crippen molar-refractivity contribution in [1.29, 1.82) is 0 Å². The fourth-order valence-electron chi connectivity index (χ4n) is 3.37. The van der Waals surface area contributed by atoms with Crippen molar-refractivity contribution in [3.05, 3.63) is 77.0 Å². The van der Waals surface area contributed by atoms with Crippen LogP contribution >= 0.6 is 0 Å². The number of nitrogens with one attached hydrogen (secondary N) is 1. The van der Waals surface area contributed by atoms with E-state index in [1.165, 1.54) is 7.11 Å². The number of aryl methyl sites for hydroxylation is 2. The predicted octanol–water partition coefficient (Wildman–Crippen LogP) is 4.55. The Labute approximate surface area is 172 Å². The summed E-state index contributed by atoms with van der Waals surface area (Å²) in [5, 5.41) is 7.32. The summed E-state index contributed by atoms with van der Waals surface area (Å²) in [6.45, 7) is 3.53. The molecule has 30 heavy (non-hydrogen) atoms. The molecule has 0 fully saturated rings. The van der Waals surface area contributed by atoms with E-state index in [1.54, 1.807) is 38.1 Å². The lowest BCUT2D eigenvalue weighted by atomic mass is 10.0. The second-order valence-corrected chi connectivity index (χ2v) is 6.81. The Hall–Kier alpha value is -4.00. The molecule has 4 aromatic rings. The smallest absolute Gasteiger partial charge is 0.340 e. The number of aromatic nitrogens is 2. The lowest BCUT2D eigenvalue weighted by Crippen LogP contribution is -2.17. The van der Waals surface area contributed by atoms with Crippen LogP contribution in [0.2, 0.25) is 0 Å². The maximum absolute atomic E-state index is 13.3. The van der Waals surface area contributed by atoms with E-state index in [1.807, 2.05) is 30.3 Å². The molecule has 2 heterocycles. The molecular weight excluding hydrogens is 382 g/mol. The SMILES string of the molecule is COC(=O)c1c(C)cccc1NC(=O)c1cc(-c2ccccc2)nc2onc(C)c12. The van der Waals surface area contributed by atoms with E-state index in [2.05, 4.69) is 15.5 Å². The Morgan fingerprint density at radius 3 is 2.53 bits per heavy atom. The van der Waals surface area contributed by atoms with E-state index in [0.717, 1.165) is 5.56 Å². The van der Waals surface area contributed by atoms with Gasteiger partial charge >= 0.3 is 5.97 Å². The first kappa shape index (κ1) is 19.3. The summed E-state index contributed by atoms with van der Waals surface area (Å²) in [6.07, 6.45) is 0. The van der Waals surface area contributed by atoms with Gasteiger partial charge in [-0.2, -0.15) is 0 Å². The van der Waals surface area contributed by atoms with Crippen LogP contribution in [-0.4, -0.2) is 29.1 Å². The second-order valence-electron chi connectivity index (χ2n) is 6.81. The summed E-state index contributed by atoms with van der Waals surface area (Å²) < 4.78 is 10.2. The molecule has 0 aliphatic carbocycles. The first-order chi connectivity index (χ1) is 14.5. The van der Waals surface area contributed by atoms with Gasteiger partial charge in [-0.05, 0) is 31.5 Å². The average molecular weight is 401 g/mol. The molecule has 0 aliphatic heterocycles. The van der Waals surface area contributed by atoms with Gasteiger partial charge in [-0.15, -0.1) is 0 Å². The van der Waals surface area contributed by atoms with E-state index in [4.69, 9.17) is 9.26 Å². The van der Waals surface area contributed by atoms with Gasteiger partial charge in [-0.3, -0.25) is 4.79 Å². The Balaban J connectivity index is 1.82. The summed E-state index contributed by atoms with van der Waals surface area (Å²) in [5.74, 6) is -0.920. The van der Waals surface area contributed by atoms with Crippen molar-refractivity contribution in [1.82, 2.24) is 10.1 Å². The zero-order chi connectivity index (χ0) is 21.3. The molecule has 0 aliphatic rings. The topological polar surface area (TPSA) is 94.3 Å². The van der Waals surface area contributed by atoms with Crippen LogP contribution in [0.4, 0.5) is 5.69 Å². The minimum absolute atomic E-state index is 0.274. The van der Waals surface area contributed by atoms with E-state index in [0.29, 0.717) is 39.2 Å². The highest BCUT2D eigenvalue weighted by molar-refractivity contribution is 6.14. The number of esters is 1. The molecule has 1 amide bonds. The third kappa shape index (κ3) is 3.41. The Morgan fingerprint density at radius 2 is 1.80 bits per heavy atom. The minimum Gasteiger partial charge on any atom is -0.465 e. The molecule has 7 nitrogen and oxygen atoms in total. The van der Waals surface area contributed by atoms with Crippen LogP contribution in [0.3, 0.4) is 0 Å². The monoisotopic (exact) mass is 401 g/mol. The number of carbonyl (C=O) groups excluding carboxylic acids is 2. The van der Waals surface area contributed by atoms with Crippen molar-refractivity contribution in [3.8, 4) is 11.3 Å². The number of carbonyl (C=O) groups is 2. The molecular formula is C23H19N3O4. The molecule has 2 aromatic carbocycles. The van der Waals surface area contributed by atoms with Gasteiger partial charge in [0.05, 0.1) is 40.7 Å². The van der Waals surface area contributed by atoms with Crippen molar-refractivity contribution in [2.75, 3.05) is 12.4 Å². The number of anilines is 1. The summed E-state index contributed by atoms with van der Waals surface area (Å²) in [6, 6.07) is 16.4. The van der Waals surface area contributed by atoms with Crippen LogP contribution in [0, 0.1) is 13.8 Å². The van der Waals surface area contributed by atoms with E-state index in [-0.39, 0.29) is 5.71 Å². The molecule has 1 N–H and O–H groups in total. The van der Waals surface area contributed by atoms with Crippen LogP contribution < -0.4 is 5.32 Å². The maximum atomic E-state index is 13.3. The average Bonchev–Trinajstić information content (AvgIpc) is 3.14. The first-order valence-corrected chi connectivity index (χ1v) is 9.31. The van der Waals surface area contributed by atoms with Gasteiger partial charge in [0.2, 0.25) is 0 Å². The summed E-state index contributed by atoms with van der Waals surface area (Å²) >= 11 is 0. The second kappa shape index (κ2) is 7.79. The van der Waals surface area contributed by atoms with E-state index in [9.17, 15) is 9.59 Å². The number of amides is 1. The van der Waals surface area contributed by atoms with Gasteiger partial charge in [0.1, 0.15) is 0 Å². The zero-order valence-electron chi connectivity index (χ0n) is 16.7. The zero-order valence-corrected chi connectivity index (χ0v) is 16.7. The Morgan fingerprint density at radius 1 is 1.03 bits per heavy atom. The molecule has 0 radical (unpaired) electrons. The number of hydrogen-bond acceptors (Lipinski definition) is 6. The molecule has 4 rings (SSSR count). The fourth-order valence-corrected chi connectivity index (χ4v) is 3.37. The normalized spacial score (nSPS) is 10.8. The lowest BCUT2D eigenvalue weighted by molar-refractivity contribution is 0.0601. The highest BCUT2D eigenvalue weighted by Crippen LogP contribution is 2.28. The molecule has 0 atom stereocenters. The van der Waals surface area contributed by atoms with Gasteiger partial charge in [0.15, 0.2) is 0 Å². The van der Waals surface area contributed by atoms with Crippen LogP contribution in [0.15, 0.2) is 59.1 Å². The maximum Gasteiger partial charge on any atom is 0.340 e. The van der Waals surface area contributed by atoms with E-state index >= 15 is 0 Å². The van der Waals surface area contributed by atoms with Gasteiger partial charge in [0.25, 0.3) is 11.6 Å². The standard InChI is InChI=1S/C23H19N3O4/c1-13-8-7-11-17(19(13)23(28)29-3)24-21(27)16-12-18(15-9-5-4-6-10-15)25-22-20(16)14(2)26-30-22/h4-12H,1-3H3,(H,24,27). The van der Waals surface area contributed by atoms with Crippen LogP contribution in [0.5, 0.6) is 0 Å². The minimum atomic E-state index is -0.519. The number of benzene rings is 2. The van der Waals surface area contributed by atoms with Gasteiger partial charge in [-0.1, -0.05) is 47.6 Å². The number of hydrogen-bond donors (Lipinski definition) is 1. The molecule has 2 aromatic heterocycles. The largest absolute Gasteiger partial charge is 0.465 e. The first-order valence-electron chi connectivity index (χ1n) is 9.31. The van der Waals surface area contributed by atoms with Gasteiger partial charge in [-0.25, -0.2) is 9.78 Å². The molecule has 0 spiro atoms. The molecule has 0 saturated heterocycles. The fraction of sp³-hybridized carbons (Fsp3) is 0.130. The number of methoxy groups -OCH3 is 1. The molecule has 0 unspecified atom stereocenters. The number of fused-ring (bicyclic) bond motifs is 1. The quantitative estimate of drug-likeness (QED) is 0.504. The summed E-state index contributed by atoms with van der Waals surface area (Å²) in [7, 11) is 1.30. The Bertz CT molecular complexity index is 1260. The lowest BCUT2D eigenvalue weighted by Gasteiger charge is -2.13. The molecule has 150 valence electrons. The summed E-state index contributed by atoms with van der Waals surface area (Å²) in [4.78, 5) is 30.0. The van der Waals surface area contributed by atoms with Crippen LogP contribution in [-0.2, 0) is 4.74 Å². The van der Waals surface area contributed by atoms with Crippen LogP contribution in [0.25, 0.3) is 22.4 Å². The van der Waals surface area contributed by atoms with Crippen molar-refractivity contribution in [2.45, 2.75) is 13.8 Å².